The Kier molecular flexibility index (Phi) is 4.39. The number of nitrogens with zero attached hydrogens (tertiary/aromatic N) is 3. The number of halogens is 3. The van der Waals surface area contributed by atoms with E-state index in [1.54, 1.807) is 0 Å². The van der Waals surface area contributed by atoms with Crippen LogP contribution in [0.15, 0.2) is 65.5 Å². The van der Waals surface area contributed by atoms with Gasteiger partial charge in [-0.15, -0.1) is 0 Å². The van der Waals surface area contributed by atoms with Crippen LogP contribution in [0.3, 0.4) is 0 Å². The number of fused-ring (bicyclic) bond motifs is 1. The first-order chi connectivity index (χ1) is 14.9. The summed E-state index contributed by atoms with van der Waals surface area (Å²) >= 11 is 0. The van der Waals surface area contributed by atoms with Crippen LogP contribution in [0.25, 0.3) is 22.7 Å². The van der Waals surface area contributed by atoms with Crippen molar-refractivity contribution in [2.75, 3.05) is 5.32 Å². The topological polar surface area (TPSA) is 75.1 Å². The molecule has 2 heterocycles. The Bertz CT molecular complexity index is 1380. The van der Waals surface area contributed by atoms with Crippen molar-refractivity contribution in [2.24, 2.45) is 0 Å². The third-order valence-electron chi connectivity index (χ3n) is 4.98. The van der Waals surface area contributed by atoms with E-state index in [1.807, 2.05) is 24.3 Å². The number of hydrogen-bond acceptors (Lipinski definition) is 4. The summed E-state index contributed by atoms with van der Waals surface area (Å²) in [5.41, 5.74) is 2.71. The molecule has 0 unspecified atom stereocenters. The lowest BCUT2D eigenvalue weighted by molar-refractivity contribution is -0.137. The quantitative estimate of drug-likeness (QED) is 0.496. The van der Waals surface area contributed by atoms with Crippen molar-refractivity contribution in [1.82, 2.24) is 19.6 Å². The first-order valence-electron chi connectivity index (χ1n) is 9.57. The van der Waals surface area contributed by atoms with Gasteiger partial charge in [-0.05, 0) is 35.8 Å². The van der Waals surface area contributed by atoms with Gasteiger partial charge in [-0.25, -0.2) is 4.98 Å². The van der Waals surface area contributed by atoms with Crippen molar-refractivity contribution in [3.63, 3.8) is 0 Å². The van der Waals surface area contributed by atoms with Crippen LogP contribution in [0.2, 0.25) is 0 Å². The van der Waals surface area contributed by atoms with Crippen LogP contribution in [0, 0.1) is 0 Å². The van der Waals surface area contributed by atoms with E-state index in [2.05, 4.69) is 26.5 Å². The molecule has 1 aliphatic carbocycles. The molecule has 0 aliphatic heterocycles. The Hall–Kier alpha value is -3.88. The van der Waals surface area contributed by atoms with Crippen molar-refractivity contribution in [1.29, 1.82) is 0 Å². The van der Waals surface area contributed by atoms with Crippen LogP contribution in [-0.4, -0.2) is 19.6 Å². The molecule has 0 spiro atoms. The number of hydrogen-bond donors (Lipinski definition) is 2. The molecular formula is C22H16F3N5O. The molecule has 31 heavy (non-hydrogen) atoms. The van der Waals surface area contributed by atoms with E-state index in [9.17, 15) is 18.0 Å². The third-order valence-corrected chi connectivity index (χ3v) is 4.98. The minimum absolute atomic E-state index is 0.0821. The molecule has 4 aromatic rings. The van der Waals surface area contributed by atoms with Gasteiger partial charge in [-0.1, -0.05) is 36.4 Å². The second kappa shape index (κ2) is 7.12. The van der Waals surface area contributed by atoms with Gasteiger partial charge < -0.3 is 5.32 Å². The molecule has 0 atom stereocenters. The van der Waals surface area contributed by atoms with Gasteiger partial charge in [0, 0.05) is 17.3 Å². The summed E-state index contributed by atoms with van der Waals surface area (Å²) in [6, 6.07) is 14.0. The minimum atomic E-state index is -4.42. The molecule has 6 nitrogen and oxygen atoms in total. The molecule has 1 aliphatic rings. The Morgan fingerprint density at radius 2 is 1.81 bits per heavy atom. The summed E-state index contributed by atoms with van der Waals surface area (Å²) in [5, 5.41) is 5.87. The SMILES string of the molecule is O=c1cc(CNc2cccc(C(F)(F)F)c2)nc2nc(-c3ccccc3C3=CC3)[nH]n12. The van der Waals surface area contributed by atoms with Gasteiger partial charge in [0.1, 0.15) is 0 Å². The van der Waals surface area contributed by atoms with Gasteiger partial charge in [0.15, 0.2) is 5.82 Å². The van der Waals surface area contributed by atoms with Crippen LogP contribution in [0.5, 0.6) is 0 Å². The average molecular weight is 423 g/mol. The second-order valence-corrected chi connectivity index (χ2v) is 7.20. The van der Waals surface area contributed by atoms with E-state index in [0.29, 0.717) is 11.5 Å². The number of aromatic nitrogens is 4. The molecule has 2 aromatic heterocycles. The van der Waals surface area contributed by atoms with Crippen molar-refractivity contribution in [3.8, 4) is 11.4 Å². The monoisotopic (exact) mass is 423 g/mol. The molecule has 0 radical (unpaired) electrons. The fourth-order valence-electron chi connectivity index (χ4n) is 3.38. The summed E-state index contributed by atoms with van der Waals surface area (Å²) in [5.74, 6) is 0.721. The highest BCUT2D eigenvalue weighted by molar-refractivity contribution is 5.86. The number of allylic oxidation sites excluding steroid dienone is 2. The zero-order chi connectivity index (χ0) is 21.6. The van der Waals surface area contributed by atoms with Crippen LogP contribution in [0.1, 0.15) is 23.2 Å². The number of H-pyrrole nitrogens is 1. The highest BCUT2D eigenvalue weighted by Gasteiger charge is 2.30. The number of rotatable bonds is 5. The molecule has 0 saturated carbocycles. The van der Waals surface area contributed by atoms with Crippen molar-refractivity contribution in [2.45, 2.75) is 19.1 Å². The molecular weight excluding hydrogens is 407 g/mol. The number of aromatic amines is 1. The molecule has 156 valence electrons. The summed E-state index contributed by atoms with van der Waals surface area (Å²) in [4.78, 5) is 21.4. The zero-order valence-corrected chi connectivity index (χ0v) is 16.1. The van der Waals surface area contributed by atoms with Crippen molar-refractivity contribution >= 4 is 17.0 Å². The lowest BCUT2D eigenvalue weighted by Crippen LogP contribution is -2.17. The van der Waals surface area contributed by atoms with E-state index >= 15 is 0 Å². The Labute approximate surface area is 174 Å². The van der Waals surface area contributed by atoms with E-state index in [1.165, 1.54) is 28.3 Å². The maximum absolute atomic E-state index is 12.9. The van der Waals surface area contributed by atoms with Gasteiger partial charge in [0.05, 0.1) is 17.8 Å². The molecule has 9 heteroatoms. The maximum atomic E-state index is 12.9. The van der Waals surface area contributed by atoms with Gasteiger partial charge >= 0.3 is 6.18 Å². The van der Waals surface area contributed by atoms with E-state index in [4.69, 9.17) is 0 Å². The Morgan fingerprint density at radius 3 is 2.55 bits per heavy atom. The first-order valence-corrected chi connectivity index (χ1v) is 9.57. The highest BCUT2D eigenvalue weighted by Crippen LogP contribution is 2.36. The first kappa shape index (κ1) is 19.1. The molecule has 0 bridgehead atoms. The van der Waals surface area contributed by atoms with Crippen molar-refractivity contribution < 1.29 is 13.2 Å². The minimum Gasteiger partial charge on any atom is -0.379 e. The van der Waals surface area contributed by atoms with Gasteiger partial charge in [-0.2, -0.15) is 22.7 Å². The lowest BCUT2D eigenvalue weighted by Gasteiger charge is -2.10. The summed E-state index contributed by atoms with van der Waals surface area (Å²) < 4.78 is 39.9. The lowest BCUT2D eigenvalue weighted by atomic mass is 10.0. The smallest absolute Gasteiger partial charge is 0.379 e. The van der Waals surface area contributed by atoms with Gasteiger partial charge in [0.2, 0.25) is 0 Å². The van der Waals surface area contributed by atoms with Crippen LogP contribution in [0.4, 0.5) is 18.9 Å². The number of alkyl halides is 3. The standard InChI is InChI=1S/C22H16F3N5O/c23-22(24,25)14-4-3-5-15(10-14)26-12-16-11-19(31)30-21(27-16)28-20(29-30)18-7-2-1-6-17(18)13-8-9-13/h1-8,10-11,26H,9,12H2,(H,27,28,29). The van der Waals surface area contributed by atoms with E-state index in [-0.39, 0.29) is 23.6 Å². The Morgan fingerprint density at radius 1 is 1.03 bits per heavy atom. The van der Waals surface area contributed by atoms with E-state index in [0.717, 1.165) is 29.7 Å². The fraction of sp³-hybridized carbons (Fsp3) is 0.136. The second-order valence-electron chi connectivity index (χ2n) is 7.20. The highest BCUT2D eigenvalue weighted by atomic mass is 19.4. The fourth-order valence-corrected chi connectivity index (χ4v) is 3.38. The molecule has 5 rings (SSSR count). The molecule has 2 N–H and O–H groups in total. The van der Waals surface area contributed by atoms with E-state index < -0.39 is 11.7 Å². The zero-order valence-electron chi connectivity index (χ0n) is 16.1. The molecule has 0 fully saturated rings. The maximum Gasteiger partial charge on any atom is 0.416 e. The predicted molar refractivity (Wildman–Crippen MR) is 110 cm³/mol. The largest absolute Gasteiger partial charge is 0.416 e. The summed E-state index contributed by atoms with van der Waals surface area (Å²) in [7, 11) is 0. The third kappa shape index (κ3) is 3.81. The normalized spacial score (nSPS) is 13.3. The summed E-state index contributed by atoms with van der Waals surface area (Å²) in [6.07, 6.45) is -1.38. The summed E-state index contributed by atoms with van der Waals surface area (Å²) in [6.45, 7) is 0.0821. The number of benzene rings is 2. The molecule has 0 amide bonds. The van der Waals surface area contributed by atoms with Crippen LogP contribution < -0.4 is 10.9 Å². The average Bonchev–Trinajstić information content (AvgIpc) is 3.51. The van der Waals surface area contributed by atoms with Crippen molar-refractivity contribution in [3.05, 3.63) is 87.8 Å². The van der Waals surface area contributed by atoms with Gasteiger partial charge in [-0.3, -0.25) is 9.89 Å². The Balaban J connectivity index is 1.43. The predicted octanol–water partition coefficient (Wildman–Crippen LogP) is 4.50. The van der Waals surface area contributed by atoms with Crippen LogP contribution in [-0.2, 0) is 12.7 Å². The van der Waals surface area contributed by atoms with Gasteiger partial charge in [0.25, 0.3) is 11.3 Å². The number of nitrogens with one attached hydrogen (secondary N) is 2. The van der Waals surface area contributed by atoms with Crippen LogP contribution >= 0.6 is 0 Å². The molecule has 2 aromatic carbocycles. The number of anilines is 1. The molecule has 0 saturated heterocycles.